The number of carbonyl (C=O) groups is 3. The summed E-state index contributed by atoms with van der Waals surface area (Å²) in [6.45, 7) is 5.99. The molecule has 1 spiro atoms. The number of esters is 1. The van der Waals surface area contributed by atoms with E-state index in [1.807, 2.05) is 13.8 Å². The lowest BCUT2D eigenvalue weighted by Gasteiger charge is -2.59. The molecule has 0 aromatic heterocycles. The summed E-state index contributed by atoms with van der Waals surface area (Å²) in [7, 11) is 0. The van der Waals surface area contributed by atoms with Crippen molar-refractivity contribution in [3.05, 3.63) is 35.9 Å². The molecule has 1 aromatic carbocycles. The number of carboxylic acid groups (broad SMARTS) is 1. The minimum absolute atomic E-state index is 0.0167. The second kappa shape index (κ2) is 10.8. The van der Waals surface area contributed by atoms with Gasteiger partial charge in [-0.3, -0.25) is 9.59 Å². The SMILES string of the molecule is C[C@H]1[C@H](OC(=O)CCC(=O)N[C@H](C(=O)O)C(O)c2ccccc2)O[C@@H]2O[C@]3(C)CC[C@H]4[C@H](C)CC[C@@H]1C24OO3. The number of rotatable bonds is 8. The first-order chi connectivity index (χ1) is 18.5. The van der Waals surface area contributed by atoms with Crippen molar-refractivity contribution in [3.8, 4) is 0 Å². The maximum atomic E-state index is 12.8. The van der Waals surface area contributed by atoms with E-state index in [1.165, 1.54) is 0 Å². The van der Waals surface area contributed by atoms with Gasteiger partial charge in [-0.2, -0.15) is 0 Å². The van der Waals surface area contributed by atoms with Gasteiger partial charge in [0.05, 0.1) is 6.42 Å². The standard InChI is InChI=1S/C28H37NO10/c1-15-9-10-19-16(2)25(36-26-28(19)18(15)13-14-27(3,37-26)38-39-28)35-21(31)12-11-20(30)29-22(24(33)34)23(32)17-7-5-4-6-8-17/h4-8,15-16,18-19,22-23,25-26,32H,9-14H2,1-3H3,(H,29,30)(H,33,34)/t15-,16-,18+,19+,22+,23?,25-,26-,27+,28?/m1/s1. The summed E-state index contributed by atoms with van der Waals surface area (Å²) in [5, 5.41) is 22.3. The molecule has 5 aliphatic rings. The summed E-state index contributed by atoms with van der Waals surface area (Å²) in [5.74, 6) is -3.33. The third-order valence-corrected chi connectivity index (χ3v) is 8.94. The molecule has 1 saturated carbocycles. The molecule has 6 rings (SSSR count). The molecule has 4 heterocycles. The van der Waals surface area contributed by atoms with Gasteiger partial charge in [-0.25, -0.2) is 14.6 Å². The Balaban J connectivity index is 1.20. The molecule has 5 fully saturated rings. The first kappa shape index (κ1) is 28.0. The van der Waals surface area contributed by atoms with Crippen LogP contribution in [0.15, 0.2) is 30.3 Å². The van der Waals surface area contributed by atoms with E-state index in [2.05, 4.69) is 12.2 Å². The van der Waals surface area contributed by atoms with Crippen molar-refractivity contribution in [2.45, 2.75) is 95.4 Å². The number of carbonyl (C=O) groups excluding carboxylic acids is 2. The van der Waals surface area contributed by atoms with Crippen molar-refractivity contribution in [1.82, 2.24) is 5.32 Å². The molecule has 0 radical (unpaired) electrons. The third-order valence-electron chi connectivity index (χ3n) is 8.94. The van der Waals surface area contributed by atoms with E-state index in [1.54, 1.807) is 30.3 Å². The van der Waals surface area contributed by atoms with Gasteiger partial charge in [0.2, 0.25) is 18.0 Å². The Labute approximate surface area is 227 Å². The third kappa shape index (κ3) is 5.18. The number of ether oxygens (including phenoxy) is 3. The average Bonchev–Trinajstić information content (AvgIpc) is 3.14. The van der Waals surface area contributed by atoms with Crippen molar-refractivity contribution in [1.29, 1.82) is 0 Å². The quantitative estimate of drug-likeness (QED) is 0.327. The normalized spacial score (nSPS) is 38.6. The molecular weight excluding hydrogens is 510 g/mol. The van der Waals surface area contributed by atoms with E-state index in [9.17, 15) is 24.6 Å². The molecule has 11 nitrogen and oxygen atoms in total. The molecule has 4 aliphatic heterocycles. The zero-order valence-electron chi connectivity index (χ0n) is 22.4. The number of aliphatic carboxylic acids is 1. The van der Waals surface area contributed by atoms with Crippen LogP contribution in [0.2, 0.25) is 0 Å². The minimum atomic E-state index is -1.57. The van der Waals surface area contributed by atoms with Gasteiger partial charge >= 0.3 is 11.9 Å². The van der Waals surface area contributed by atoms with Crippen LogP contribution in [0.4, 0.5) is 0 Å². The molecule has 2 bridgehead atoms. The topological polar surface area (TPSA) is 150 Å². The highest BCUT2D eigenvalue weighted by Crippen LogP contribution is 2.60. The first-order valence-electron chi connectivity index (χ1n) is 13.7. The largest absolute Gasteiger partial charge is 0.480 e. The summed E-state index contributed by atoms with van der Waals surface area (Å²) in [6.07, 6.45) is -0.297. The van der Waals surface area contributed by atoms with Crippen molar-refractivity contribution >= 4 is 17.8 Å². The van der Waals surface area contributed by atoms with Gasteiger partial charge in [0, 0.05) is 24.7 Å². The van der Waals surface area contributed by atoms with E-state index >= 15 is 0 Å². The summed E-state index contributed by atoms with van der Waals surface area (Å²) < 4.78 is 18.2. The van der Waals surface area contributed by atoms with Crippen LogP contribution >= 0.6 is 0 Å². The van der Waals surface area contributed by atoms with E-state index in [-0.39, 0.29) is 30.6 Å². The Morgan fingerprint density at radius 2 is 1.82 bits per heavy atom. The highest BCUT2D eigenvalue weighted by molar-refractivity contribution is 5.86. The molecule has 1 aliphatic carbocycles. The summed E-state index contributed by atoms with van der Waals surface area (Å²) >= 11 is 0. The zero-order chi connectivity index (χ0) is 27.9. The maximum absolute atomic E-state index is 12.8. The van der Waals surface area contributed by atoms with E-state index < -0.39 is 54.0 Å². The molecule has 1 aromatic rings. The monoisotopic (exact) mass is 547 g/mol. The van der Waals surface area contributed by atoms with Crippen LogP contribution in [0.1, 0.15) is 71.0 Å². The van der Waals surface area contributed by atoms with Crippen LogP contribution in [0.3, 0.4) is 0 Å². The highest BCUT2D eigenvalue weighted by atomic mass is 17.3. The van der Waals surface area contributed by atoms with E-state index in [0.717, 1.165) is 19.3 Å². The lowest BCUT2D eigenvalue weighted by atomic mass is 9.58. The molecule has 2 unspecified atom stereocenters. The second-order valence-corrected chi connectivity index (χ2v) is 11.5. The Morgan fingerprint density at radius 1 is 1.08 bits per heavy atom. The number of aliphatic hydroxyl groups excluding tert-OH is 1. The summed E-state index contributed by atoms with van der Waals surface area (Å²) in [5.41, 5.74) is -0.427. The van der Waals surface area contributed by atoms with Gasteiger partial charge in [0.25, 0.3) is 0 Å². The second-order valence-electron chi connectivity index (χ2n) is 11.5. The van der Waals surface area contributed by atoms with E-state index in [4.69, 9.17) is 24.0 Å². The number of nitrogens with one attached hydrogen (secondary N) is 1. The average molecular weight is 548 g/mol. The summed E-state index contributed by atoms with van der Waals surface area (Å²) in [4.78, 5) is 48.8. The Hall–Kier alpha value is -2.57. The van der Waals surface area contributed by atoms with Gasteiger partial charge in [-0.15, -0.1) is 0 Å². The van der Waals surface area contributed by atoms with E-state index in [0.29, 0.717) is 17.9 Å². The molecule has 10 atom stereocenters. The van der Waals surface area contributed by atoms with Gasteiger partial charge in [-0.05, 0) is 43.6 Å². The van der Waals surface area contributed by atoms with Crippen LogP contribution in [0.25, 0.3) is 0 Å². The molecular formula is C28H37NO10. The lowest BCUT2D eigenvalue weighted by Crippen LogP contribution is -2.70. The Morgan fingerprint density at radius 3 is 2.54 bits per heavy atom. The first-order valence-corrected chi connectivity index (χ1v) is 13.7. The van der Waals surface area contributed by atoms with Crippen LogP contribution in [-0.4, -0.2) is 58.1 Å². The van der Waals surface area contributed by atoms with Crippen molar-refractivity contribution in [2.24, 2.45) is 23.7 Å². The molecule has 1 amide bonds. The van der Waals surface area contributed by atoms with Gasteiger partial charge < -0.3 is 29.7 Å². The van der Waals surface area contributed by atoms with Crippen LogP contribution in [0.5, 0.6) is 0 Å². The van der Waals surface area contributed by atoms with Gasteiger partial charge in [0.15, 0.2) is 17.9 Å². The number of benzene rings is 1. The zero-order valence-corrected chi connectivity index (χ0v) is 22.4. The van der Waals surface area contributed by atoms with Crippen LogP contribution in [-0.2, 0) is 38.4 Å². The number of hydrogen-bond acceptors (Lipinski definition) is 9. The number of aliphatic hydroxyl groups is 1. The number of hydrogen-bond donors (Lipinski definition) is 3. The maximum Gasteiger partial charge on any atom is 0.329 e. The highest BCUT2D eigenvalue weighted by Gasteiger charge is 2.69. The predicted molar refractivity (Wildman–Crippen MR) is 133 cm³/mol. The number of fused-ring (bicyclic) bond motifs is 2. The molecule has 11 heteroatoms. The van der Waals surface area contributed by atoms with Gasteiger partial charge in [-0.1, -0.05) is 44.2 Å². The van der Waals surface area contributed by atoms with Crippen molar-refractivity contribution in [3.63, 3.8) is 0 Å². The fourth-order valence-electron chi connectivity index (χ4n) is 6.77. The molecule has 4 saturated heterocycles. The van der Waals surface area contributed by atoms with Gasteiger partial charge in [0.1, 0.15) is 6.10 Å². The number of amides is 1. The molecule has 39 heavy (non-hydrogen) atoms. The fraction of sp³-hybridized carbons (Fsp3) is 0.679. The van der Waals surface area contributed by atoms with Crippen LogP contribution in [0, 0.1) is 23.7 Å². The minimum Gasteiger partial charge on any atom is -0.480 e. The summed E-state index contributed by atoms with van der Waals surface area (Å²) in [6, 6.07) is 6.61. The Kier molecular flexibility index (Phi) is 7.73. The number of carboxylic acids is 1. The van der Waals surface area contributed by atoms with Crippen molar-refractivity contribution in [2.75, 3.05) is 0 Å². The van der Waals surface area contributed by atoms with Crippen LogP contribution < -0.4 is 5.32 Å². The fourth-order valence-corrected chi connectivity index (χ4v) is 6.77. The predicted octanol–water partition coefficient (Wildman–Crippen LogP) is 2.82. The molecule has 3 N–H and O–H groups in total. The smallest absolute Gasteiger partial charge is 0.329 e. The Bertz CT molecular complexity index is 1080. The van der Waals surface area contributed by atoms with Crippen molar-refractivity contribution < 1.29 is 48.6 Å². The lowest BCUT2D eigenvalue weighted by molar-refractivity contribution is -0.576. The molecule has 214 valence electrons.